The summed E-state index contributed by atoms with van der Waals surface area (Å²) in [6.45, 7) is 4.68. The summed E-state index contributed by atoms with van der Waals surface area (Å²) in [6.07, 6.45) is 1.27. The standard InChI is InChI=1S/C18H22O3/c1-3-20-17-11-6-15(7-12-17)8-13-18(21-19)16-9-4-14(2)5-10-16/h4-7,9-12,18-19H,3,8,13H2,1-2H3. The van der Waals surface area contributed by atoms with Gasteiger partial charge in [-0.3, -0.25) is 5.26 Å². The van der Waals surface area contributed by atoms with Crippen molar-refractivity contribution in [1.82, 2.24) is 0 Å². The van der Waals surface area contributed by atoms with Crippen LogP contribution in [0.25, 0.3) is 0 Å². The number of rotatable bonds is 7. The molecule has 112 valence electrons. The van der Waals surface area contributed by atoms with E-state index < -0.39 is 0 Å². The maximum absolute atomic E-state index is 9.12. The lowest BCUT2D eigenvalue weighted by atomic mass is 10.0. The van der Waals surface area contributed by atoms with Gasteiger partial charge in [0.25, 0.3) is 0 Å². The molecule has 2 aromatic carbocycles. The number of hydrogen-bond acceptors (Lipinski definition) is 3. The zero-order valence-corrected chi connectivity index (χ0v) is 12.6. The summed E-state index contributed by atoms with van der Waals surface area (Å²) in [7, 11) is 0. The highest BCUT2D eigenvalue weighted by molar-refractivity contribution is 5.28. The molecule has 0 amide bonds. The van der Waals surface area contributed by atoms with Crippen LogP contribution in [0.1, 0.15) is 36.1 Å². The van der Waals surface area contributed by atoms with Crippen LogP contribution in [-0.4, -0.2) is 11.9 Å². The lowest BCUT2D eigenvalue weighted by Gasteiger charge is -2.14. The largest absolute Gasteiger partial charge is 0.494 e. The van der Waals surface area contributed by atoms with Gasteiger partial charge < -0.3 is 4.74 Å². The van der Waals surface area contributed by atoms with E-state index >= 15 is 0 Å². The molecule has 0 saturated carbocycles. The molecule has 2 rings (SSSR count). The van der Waals surface area contributed by atoms with Crippen LogP contribution in [-0.2, 0) is 11.3 Å². The van der Waals surface area contributed by atoms with Crippen molar-refractivity contribution < 1.29 is 14.9 Å². The first-order valence-corrected chi connectivity index (χ1v) is 7.31. The summed E-state index contributed by atoms with van der Waals surface area (Å²) in [5, 5.41) is 9.12. The third kappa shape index (κ3) is 4.59. The molecular formula is C18H22O3. The van der Waals surface area contributed by atoms with Crippen LogP contribution in [0.5, 0.6) is 5.75 Å². The van der Waals surface area contributed by atoms with E-state index in [0.29, 0.717) is 6.61 Å². The van der Waals surface area contributed by atoms with E-state index in [2.05, 4.69) is 17.0 Å². The zero-order chi connectivity index (χ0) is 15.1. The van der Waals surface area contributed by atoms with E-state index in [0.717, 1.165) is 24.2 Å². The Bertz CT molecular complexity index is 531. The molecule has 0 aliphatic rings. The molecule has 1 N–H and O–H groups in total. The monoisotopic (exact) mass is 286 g/mol. The van der Waals surface area contributed by atoms with Gasteiger partial charge in [-0.2, -0.15) is 0 Å². The van der Waals surface area contributed by atoms with Gasteiger partial charge in [0, 0.05) is 0 Å². The van der Waals surface area contributed by atoms with Crippen LogP contribution in [0.2, 0.25) is 0 Å². The second-order valence-electron chi connectivity index (χ2n) is 5.12. The smallest absolute Gasteiger partial charge is 0.119 e. The molecule has 1 atom stereocenters. The maximum atomic E-state index is 9.12. The second-order valence-corrected chi connectivity index (χ2v) is 5.12. The van der Waals surface area contributed by atoms with Crippen molar-refractivity contribution in [1.29, 1.82) is 0 Å². The van der Waals surface area contributed by atoms with E-state index in [1.165, 1.54) is 11.1 Å². The van der Waals surface area contributed by atoms with Gasteiger partial charge in [-0.1, -0.05) is 42.0 Å². The molecule has 1 unspecified atom stereocenters. The van der Waals surface area contributed by atoms with Crippen molar-refractivity contribution in [2.75, 3.05) is 6.61 Å². The SMILES string of the molecule is CCOc1ccc(CCC(OO)c2ccc(C)cc2)cc1. The summed E-state index contributed by atoms with van der Waals surface area (Å²) in [6, 6.07) is 16.1. The summed E-state index contributed by atoms with van der Waals surface area (Å²) in [4.78, 5) is 4.64. The number of benzene rings is 2. The highest BCUT2D eigenvalue weighted by Crippen LogP contribution is 2.23. The van der Waals surface area contributed by atoms with Gasteiger partial charge >= 0.3 is 0 Å². The number of aryl methyl sites for hydroxylation is 2. The van der Waals surface area contributed by atoms with Gasteiger partial charge in [0.15, 0.2) is 0 Å². The van der Waals surface area contributed by atoms with E-state index in [1.807, 2.05) is 50.2 Å². The Hall–Kier alpha value is -1.84. The van der Waals surface area contributed by atoms with E-state index in [9.17, 15) is 0 Å². The quantitative estimate of drug-likeness (QED) is 0.599. The molecule has 0 bridgehead atoms. The minimum absolute atomic E-state index is 0.294. The van der Waals surface area contributed by atoms with Crippen LogP contribution in [0.3, 0.4) is 0 Å². The highest BCUT2D eigenvalue weighted by Gasteiger charge is 2.12. The Morgan fingerprint density at radius 1 is 1.00 bits per heavy atom. The lowest BCUT2D eigenvalue weighted by molar-refractivity contribution is -0.283. The molecule has 3 heteroatoms. The van der Waals surface area contributed by atoms with Gasteiger partial charge in [-0.15, -0.1) is 0 Å². The predicted octanol–water partition coefficient (Wildman–Crippen LogP) is 4.56. The Balaban J connectivity index is 1.94. The van der Waals surface area contributed by atoms with Gasteiger partial charge in [0.05, 0.1) is 6.61 Å². The van der Waals surface area contributed by atoms with Gasteiger partial charge in [0.1, 0.15) is 11.9 Å². The topological polar surface area (TPSA) is 38.7 Å². The van der Waals surface area contributed by atoms with Crippen molar-refractivity contribution in [2.24, 2.45) is 0 Å². The minimum atomic E-state index is -0.294. The maximum Gasteiger partial charge on any atom is 0.119 e. The van der Waals surface area contributed by atoms with Crippen molar-refractivity contribution in [3.8, 4) is 5.75 Å². The van der Waals surface area contributed by atoms with Gasteiger partial charge in [-0.05, 0) is 49.9 Å². The second kappa shape index (κ2) is 7.81. The summed E-state index contributed by atoms with van der Waals surface area (Å²) in [5.74, 6) is 0.884. The molecule has 0 aliphatic carbocycles. The van der Waals surface area contributed by atoms with Crippen molar-refractivity contribution in [3.05, 3.63) is 65.2 Å². The molecule has 0 saturated heterocycles. The molecule has 21 heavy (non-hydrogen) atoms. The Morgan fingerprint density at radius 2 is 1.67 bits per heavy atom. The summed E-state index contributed by atoms with van der Waals surface area (Å²) in [5.41, 5.74) is 3.39. The van der Waals surface area contributed by atoms with Crippen molar-refractivity contribution >= 4 is 0 Å². The first-order chi connectivity index (χ1) is 10.2. The van der Waals surface area contributed by atoms with Crippen LogP contribution in [0.4, 0.5) is 0 Å². The Labute approximate surface area is 126 Å². The third-order valence-corrected chi connectivity index (χ3v) is 3.51. The predicted molar refractivity (Wildman–Crippen MR) is 83.6 cm³/mol. The van der Waals surface area contributed by atoms with Gasteiger partial charge in [0.2, 0.25) is 0 Å². The van der Waals surface area contributed by atoms with Crippen LogP contribution < -0.4 is 4.74 Å². The Morgan fingerprint density at radius 3 is 2.24 bits per heavy atom. The molecule has 2 aromatic rings. The molecule has 0 fully saturated rings. The van der Waals surface area contributed by atoms with Crippen LogP contribution in [0, 0.1) is 6.92 Å². The molecule has 0 spiro atoms. The van der Waals surface area contributed by atoms with Crippen LogP contribution in [0.15, 0.2) is 48.5 Å². The molecular weight excluding hydrogens is 264 g/mol. The minimum Gasteiger partial charge on any atom is -0.494 e. The van der Waals surface area contributed by atoms with E-state index in [4.69, 9.17) is 9.99 Å². The molecule has 0 radical (unpaired) electrons. The number of ether oxygens (including phenoxy) is 1. The molecule has 0 heterocycles. The fraction of sp³-hybridized carbons (Fsp3) is 0.333. The van der Waals surface area contributed by atoms with Crippen molar-refractivity contribution in [2.45, 2.75) is 32.8 Å². The van der Waals surface area contributed by atoms with E-state index in [-0.39, 0.29) is 6.10 Å². The molecule has 0 aromatic heterocycles. The van der Waals surface area contributed by atoms with Crippen molar-refractivity contribution in [3.63, 3.8) is 0 Å². The summed E-state index contributed by atoms with van der Waals surface area (Å²) >= 11 is 0. The highest BCUT2D eigenvalue weighted by atomic mass is 17.1. The van der Waals surface area contributed by atoms with Gasteiger partial charge in [-0.25, -0.2) is 4.89 Å². The first-order valence-electron chi connectivity index (χ1n) is 7.31. The normalized spacial score (nSPS) is 12.1. The fourth-order valence-electron chi connectivity index (χ4n) is 2.28. The van der Waals surface area contributed by atoms with E-state index in [1.54, 1.807) is 0 Å². The zero-order valence-electron chi connectivity index (χ0n) is 12.6. The Kier molecular flexibility index (Phi) is 5.78. The average Bonchev–Trinajstić information content (AvgIpc) is 2.51. The van der Waals surface area contributed by atoms with Crippen LogP contribution >= 0.6 is 0 Å². The number of hydrogen-bond donors (Lipinski definition) is 1. The molecule has 3 nitrogen and oxygen atoms in total. The summed E-state index contributed by atoms with van der Waals surface area (Å²) < 4.78 is 5.42. The lowest BCUT2D eigenvalue weighted by Crippen LogP contribution is -2.03. The molecule has 0 aliphatic heterocycles. The third-order valence-electron chi connectivity index (χ3n) is 3.51. The fourth-order valence-corrected chi connectivity index (χ4v) is 2.28. The first kappa shape index (κ1) is 15.5. The average molecular weight is 286 g/mol.